The number of aryl methyl sites for hydroxylation is 2. The SMILES string of the molecule is Cc1ccc(CCC(=O)Nc2ccc(OC3CCN(C)CC3)cc2)cc1. The van der Waals surface area contributed by atoms with E-state index < -0.39 is 0 Å². The van der Waals surface area contributed by atoms with Gasteiger partial charge in [0.25, 0.3) is 0 Å². The van der Waals surface area contributed by atoms with Gasteiger partial charge in [-0.2, -0.15) is 0 Å². The Kier molecular flexibility index (Phi) is 6.29. The summed E-state index contributed by atoms with van der Waals surface area (Å²) in [5.41, 5.74) is 3.24. The van der Waals surface area contributed by atoms with Crippen LogP contribution in [0.4, 0.5) is 5.69 Å². The highest BCUT2D eigenvalue weighted by Crippen LogP contribution is 2.21. The number of nitrogens with one attached hydrogen (secondary N) is 1. The summed E-state index contributed by atoms with van der Waals surface area (Å²) in [5.74, 6) is 0.909. The van der Waals surface area contributed by atoms with Crippen molar-refractivity contribution in [2.45, 2.75) is 38.7 Å². The second-order valence-corrected chi connectivity index (χ2v) is 7.18. The maximum Gasteiger partial charge on any atom is 0.224 e. The molecule has 0 spiro atoms. The van der Waals surface area contributed by atoms with Crippen LogP contribution in [0.15, 0.2) is 48.5 Å². The molecule has 3 rings (SSSR count). The quantitative estimate of drug-likeness (QED) is 0.853. The van der Waals surface area contributed by atoms with Crippen molar-refractivity contribution in [3.8, 4) is 5.75 Å². The third-order valence-electron chi connectivity index (χ3n) is 4.87. The van der Waals surface area contributed by atoms with Crippen LogP contribution >= 0.6 is 0 Å². The van der Waals surface area contributed by atoms with Gasteiger partial charge in [-0.05, 0) is 63.1 Å². The first kappa shape index (κ1) is 18.5. The Morgan fingerprint density at radius 1 is 1.08 bits per heavy atom. The molecule has 1 amide bonds. The van der Waals surface area contributed by atoms with Crippen LogP contribution in [0, 0.1) is 6.92 Å². The number of rotatable bonds is 6. The highest BCUT2D eigenvalue weighted by Gasteiger charge is 2.17. The number of hydrogen-bond acceptors (Lipinski definition) is 3. The van der Waals surface area contributed by atoms with Crippen molar-refractivity contribution in [1.29, 1.82) is 0 Å². The summed E-state index contributed by atoms with van der Waals surface area (Å²) < 4.78 is 6.04. The number of carbonyl (C=O) groups is 1. The van der Waals surface area contributed by atoms with E-state index in [1.807, 2.05) is 24.3 Å². The summed E-state index contributed by atoms with van der Waals surface area (Å²) in [5, 5.41) is 2.96. The summed E-state index contributed by atoms with van der Waals surface area (Å²) in [6.07, 6.45) is 3.66. The maximum absolute atomic E-state index is 12.1. The molecule has 1 aliphatic heterocycles. The van der Waals surface area contributed by atoms with Crippen LogP contribution < -0.4 is 10.1 Å². The van der Waals surface area contributed by atoms with Crippen molar-refractivity contribution in [1.82, 2.24) is 4.90 Å². The van der Waals surface area contributed by atoms with Gasteiger partial charge in [0.2, 0.25) is 5.91 Å². The standard InChI is InChI=1S/C22H28N2O2/c1-17-3-5-18(6-4-17)7-12-22(25)23-19-8-10-20(11-9-19)26-21-13-15-24(2)16-14-21/h3-6,8-11,21H,7,12-16H2,1-2H3,(H,23,25). The lowest BCUT2D eigenvalue weighted by atomic mass is 10.1. The van der Waals surface area contributed by atoms with E-state index in [1.165, 1.54) is 11.1 Å². The summed E-state index contributed by atoms with van der Waals surface area (Å²) in [6.45, 7) is 4.23. The zero-order valence-corrected chi connectivity index (χ0v) is 15.7. The second-order valence-electron chi connectivity index (χ2n) is 7.18. The van der Waals surface area contributed by atoms with Crippen LogP contribution in [0.5, 0.6) is 5.75 Å². The Labute approximate surface area is 156 Å². The number of likely N-dealkylation sites (tertiary alicyclic amines) is 1. The molecule has 0 radical (unpaired) electrons. The molecule has 26 heavy (non-hydrogen) atoms. The predicted molar refractivity (Wildman–Crippen MR) is 106 cm³/mol. The Balaban J connectivity index is 1.44. The molecule has 1 heterocycles. The number of nitrogens with zero attached hydrogens (tertiary/aromatic N) is 1. The van der Waals surface area contributed by atoms with Crippen molar-refractivity contribution >= 4 is 11.6 Å². The average Bonchev–Trinajstić information content (AvgIpc) is 2.65. The van der Waals surface area contributed by atoms with Gasteiger partial charge in [-0.1, -0.05) is 29.8 Å². The molecule has 0 aliphatic carbocycles. The fraction of sp³-hybridized carbons (Fsp3) is 0.409. The third-order valence-corrected chi connectivity index (χ3v) is 4.87. The molecule has 2 aromatic rings. The van der Waals surface area contributed by atoms with Crippen LogP contribution in [0.25, 0.3) is 0 Å². The smallest absolute Gasteiger partial charge is 0.224 e. The minimum absolute atomic E-state index is 0.0366. The second kappa shape index (κ2) is 8.86. The Morgan fingerprint density at radius 3 is 2.38 bits per heavy atom. The molecule has 0 unspecified atom stereocenters. The number of benzene rings is 2. The van der Waals surface area contributed by atoms with Gasteiger partial charge in [0.15, 0.2) is 0 Å². The van der Waals surface area contributed by atoms with Gasteiger partial charge < -0.3 is 15.0 Å². The zero-order valence-electron chi connectivity index (χ0n) is 15.7. The van der Waals surface area contributed by atoms with Gasteiger partial charge in [-0.15, -0.1) is 0 Å². The number of hydrogen-bond donors (Lipinski definition) is 1. The maximum atomic E-state index is 12.1. The third kappa shape index (κ3) is 5.60. The van der Waals surface area contributed by atoms with E-state index in [4.69, 9.17) is 4.74 Å². The predicted octanol–water partition coefficient (Wildman–Crippen LogP) is 4.04. The van der Waals surface area contributed by atoms with Gasteiger partial charge in [0.1, 0.15) is 11.9 Å². The minimum atomic E-state index is 0.0366. The van der Waals surface area contributed by atoms with Crippen molar-refractivity contribution < 1.29 is 9.53 Å². The van der Waals surface area contributed by atoms with Gasteiger partial charge in [-0.25, -0.2) is 0 Å². The van der Waals surface area contributed by atoms with Crippen molar-refractivity contribution in [2.24, 2.45) is 0 Å². The molecule has 0 saturated carbocycles. The summed E-state index contributed by atoms with van der Waals surface area (Å²) in [6, 6.07) is 16.0. The zero-order chi connectivity index (χ0) is 18.4. The molecule has 138 valence electrons. The molecule has 0 aromatic heterocycles. The minimum Gasteiger partial charge on any atom is -0.490 e. The Morgan fingerprint density at radius 2 is 1.73 bits per heavy atom. The highest BCUT2D eigenvalue weighted by molar-refractivity contribution is 5.90. The van der Waals surface area contributed by atoms with Crippen molar-refractivity contribution in [3.63, 3.8) is 0 Å². The molecular weight excluding hydrogens is 324 g/mol. The number of ether oxygens (including phenoxy) is 1. The van der Waals surface area contributed by atoms with Crippen LogP contribution in [-0.4, -0.2) is 37.0 Å². The van der Waals surface area contributed by atoms with E-state index >= 15 is 0 Å². The van der Waals surface area contributed by atoms with E-state index in [-0.39, 0.29) is 5.91 Å². The van der Waals surface area contributed by atoms with Gasteiger partial charge in [-0.3, -0.25) is 4.79 Å². The van der Waals surface area contributed by atoms with Gasteiger partial charge in [0.05, 0.1) is 0 Å². The average molecular weight is 352 g/mol. The van der Waals surface area contributed by atoms with E-state index in [2.05, 4.69) is 48.5 Å². The van der Waals surface area contributed by atoms with Gasteiger partial charge in [0, 0.05) is 25.2 Å². The first-order valence-corrected chi connectivity index (χ1v) is 9.39. The van der Waals surface area contributed by atoms with Crippen molar-refractivity contribution in [2.75, 3.05) is 25.5 Å². The lowest BCUT2D eigenvalue weighted by molar-refractivity contribution is -0.116. The summed E-state index contributed by atoms with van der Waals surface area (Å²) in [4.78, 5) is 14.5. The largest absolute Gasteiger partial charge is 0.490 e. The molecule has 4 heteroatoms. The van der Waals surface area contributed by atoms with Crippen LogP contribution in [-0.2, 0) is 11.2 Å². The fourth-order valence-corrected chi connectivity index (χ4v) is 3.15. The molecule has 1 fully saturated rings. The Bertz CT molecular complexity index is 702. The summed E-state index contributed by atoms with van der Waals surface area (Å²) >= 11 is 0. The number of amides is 1. The molecular formula is C22H28N2O2. The molecule has 1 saturated heterocycles. The normalized spacial score (nSPS) is 15.6. The summed E-state index contributed by atoms with van der Waals surface area (Å²) in [7, 11) is 2.15. The lowest BCUT2D eigenvalue weighted by Gasteiger charge is -2.29. The molecule has 1 aliphatic rings. The first-order chi connectivity index (χ1) is 12.6. The molecule has 1 N–H and O–H groups in total. The molecule has 4 nitrogen and oxygen atoms in total. The molecule has 0 atom stereocenters. The topological polar surface area (TPSA) is 41.6 Å². The number of anilines is 1. The van der Waals surface area contributed by atoms with Crippen LogP contribution in [0.1, 0.15) is 30.4 Å². The van der Waals surface area contributed by atoms with E-state index in [0.717, 1.165) is 43.8 Å². The molecule has 0 bridgehead atoms. The van der Waals surface area contributed by atoms with Crippen LogP contribution in [0.2, 0.25) is 0 Å². The molecule has 2 aromatic carbocycles. The van der Waals surface area contributed by atoms with Gasteiger partial charge >= 0.3 is 0 Å². The van der Waals surface area contributed by atoms with E-state index in [1.54, 1.807) is 0 Å². The Hall–Kier alpha value is -2.33. The van der Waals surface area contributed by atoms with Crippen molar-refractivity contribution in [3.05, 3.63) is 59.7 Å². The van der Waals surface area contributed by atoms with Crippen LogP contribution in [0.3, 0.4) is 0 Å². The monoisotopic (exact) mass is 352 g/mol. The highest BCUT2D eigenvalue weighted by atomic mass is 16.5. The fourth-order valence-electron chi connectivity index (χ4n) is 3.15. The number of piperidine rings is 1. The first-order valence-electron chi connectivity index (χ1n) is 9.39. The lowest BCUT2D eigenvalue weighted by Crippen LogP contribution is -2.35. The van der Waals surface area contributed by atoms with E-state index in [0.29, 0.717) is 12.5 Å². The van der Waals surface area contributed by atoms with E-state index in [9.17, 15) is 4.79 Å². The number of carbonyl (C=O) groups excluding carboxylic acids is 1.